The molecule has 3 nitrogen and oxygen atoms in total. The maximum Gasteiger partial charge on any atom is 0.224 e. The van der Waals surface area contributed by atoms with E-state index in [-0.39, 0.29) is 11.7 Å². The molecule has 0 bridgehead atoms. The van der Waals surface area contributed by atoms with Crippen molar-refractivity contribution in [1.82, 2.24) is 10.3 Å². The van der Waals surface area contributed by atoms with Gasteiger partial charge in [-0.2, -0.15) is 0 Å². The molecule has 4 rings (SSSR count). The van der Waals surface area contributed by atoms with E-state index in [1.54, 1.807) is 12.1 Å². The van der Waals surface area contributed by atoms with E-state index in [0.29, 0.717) is 13.0 Å². The quantitative estimate of drug-likeness (QED) is 0.574. The van der Waals surface area contributed by atoms with Crippen molar-refractivity contribution in [2.75, 3.05) is 0 Å². The zero-order valence-electron chi connectivity index (χ0n) is 13.6. The zero-order chi connectivity index (χ0) is 17.2. The lowest BCUT2D eigenvalue weighted by Crippen LogP contribution is -2.24. The van der Waals surface area contributed by atoms with Gasteiger partial charge in [-0.15, -0.1) is 0 Å². The second kappa shape index (κ2) is 6.40. The molecule has 2 N–H and O–H groups in total. The molecular formula is C21H17FN2O. The highest BCUT2D eigenvalue weighted by Crippen LogP contribution is 2.25. The fourth-order valence-electron chi connectivity index (χ4n) is 3.06. The third kappa shape index (κ3) is 3.24. The van der Waals surface area contributed by atoms with Gasteiger partial charge in [0.2, 0.25) is 5.91 Å². The van der Waals surface area contributed by atoms with Gasteiger partial charge in [0.1, 0.15) is 5.82 Å². The van der Waals surface area contributed by atoms with Crippen LogP contribution in [0.15, 0.2) is 66.7 Å². The molecule has 4 aromatic rings. The Morgan fingerprint density at radius 3 is 2.44 bits per heavy atom. The Morgan fingerprint density at radius 2 is 1.60 bits per heavy atom. The number of carbonyl (C=O) groups excluding carboxylic acids is 1. The van der Waals surface area contributed by atoms with Crippen molar-refractivity contribution in [2.45, 2.75) is 13.0 Å². The second-order valence-corrected chi connectivity index (χ2v) is 6.13. The third-order valence-corrected chi connectivity index (χ3v) is 4.34. The Labute approximate surface area is 144 Å². The molecular weight excluding hydrogens is 315 g/mol. The summed E-state index contributed by atoms with van der Waals surface area (Å²) < 4.78 is 12.9. The molecule has 0 saturated carbocycles. The monoisotopic (exact) mass is 332 g/mol. The summed E-state index contributed by atoms with van der Waals surface area (Å²) in [7, 11) is 0. The molecule has 1 heterocycles. The maximum atomic E-state index is 12.9. The second-order valence-electron chi connectivity index (χ2n) is 6.13. The normalized spacial score (nSPS) is 11.1. The van der Waals surface area contributed by atoms with Gasteiger partial charge < -0.3 is 10.3 Å². The van der Waals surface area contributed by atoms with Crippen LogP contribution in [0, 0.1) is 5.82 Å². The first-order valence-corrected chi connectivity index (χ1v) is 8.19. The molecule has 124 valence electrons. The Kier molecular flexibility index (Phi) is 3.94. The Hall–Kier alpha value is -3.14. The van der Waals surface area contributed by atoms with Crippen LogP contribution in [0.3, 0.4) is 0 Å². The summed E-state index contributed by atoms with van der Waals surface area (Å²) in [6, 6.07) is 20.3. The fourth-order valence-corrected chi connectivity index (χ4v) is 3.06. The van der Waals surface area contributed by atoms with Crippen LogP contribution in [0.2, 0.25) is 0 Å². The van der Waals surface area contributed by atoms with Crippen LogP contribution in [0.1, 0.15) is 11.1 Å². The molecule has 0 saturated heterocycles. The van der Waals surface area contributed by atoms with Gasteiger partial charge >= 0.3 is 0 Å². The lowest BCUT2D eigenvalue weighted by atomic mass is 10.1. The number of H-pyrrole nitrogens is 1. The Morgan fingerprint density at radius 1 is 0.880 bits per heavy atom. The van der Waals surface area contributed by atoms with Crippen molar-refractivity contribution in [2.24, 2.45) is 0 Å². The van der Waals surface area contributed by atoms with E-state index < -0.39 is 0 Å². The van der Waals surface area contributed by atoms with E-state index in [1.807, 2.05) is 30.3 Å². The van der Waals surface area contributed by atoms with Crippen LogP contribution >= 0.6 is 0 Å². The number of fused-ring (bicyclic) bond motifs is 3. The molecule has 1 amide bonds. The molecule has 1 aromatic heterocycles. The molecule has 0 spiro atoms. The minimum atomic E-state index is -0.276. The summed E-state index contributed by atoms with van der Waals surface area (Å²) in [6.45, 7) is 0.397. The van der Waals surface area contributed by atoms with Gasteiger partial charge in [-0.1, -0.05) is 42.5 Å². The molecule has 0 aliphatic rings. The lowest BCUT2D eigenvalue weighted by molar-refractivity contribution is -0.120. The van der Waals surface area contributed by atoms with E-state index in [2.05, 4.69) is 22.4 Å². The SMILES string of the molecule is O=C(Cc1ccc2c(c1)[nH]c1ccccc12)NCc1ccc(F)cc1. The first kappa shape index (κ1) is 15.4. The van der Waals surface area contributed by atoms with Gasteiger partial charge in [-0.25, -0.2) is 4.39 Å². The van der Waals surface area contributed by atoms with Gasteiger partial charge in [-0.05, 0) is 35.4 Å². The van der Waals surface area contributed by atoms with Crippen LogP contribution in [-0.4, -0.2) is 10.9 Å². The molecule has 0 aliphatic carbocycles. The highest BCUT2D eigenvalue weighted by molar-refractivity contribution is 6.07. The number of aromatic nitrogens is 1. The molecule has 0 fully saturated rings. The van der Waals surface area contributed by atoms with Crippen LogP contribution in [0.25, 0.3) is 21.8 Å². The van der Waals surface area contributed by atoms with Crippen molar-refractivity contribution in [1.29, 1.82) is 0 Å². The fraction of sp³-hybridized carbons (Fsp3) is 0.0952. The predicted molar refractivity (Wildman–Crippen MR) is 97.8 cm³/mol. The summed E-state index contributed by atoms with van der Waals surface area (Å²) in [5.74, 6) is -0.332. The number of nitrogens with one attached hydrogen (secondary N) is 2. The lowest BCUT2D eigenvalue weighted by Gasteiger charge is -2.06. The van der Waals surface area contributed by atoms with Crippen LogP contribution in [0.5, 0.6) is 0 Å². The summed E-state index contributed by atoms with van der Waals surface area (Å²) >= 11 is 0. The highest BCUT2D eigenvalue weighted by atomic mass is 19.1. The topological polar surface area (TPSA) is 44.9 Å². The van der Waals surface area contributed by atoms with Gasteiger partial charge in [0.05, 0.1) is 6.42 Å². The van der Waals surface area contributed by atoms with Crippen LogP contribution in [0.4, 0.5) is 4.39 Å². The average Bonchev–Trinajstić information content (AvgIpc) is 2.99. The summed E-state index contributed by atoms with van der Waals surface area (Å²) in [6.07, 6.45) is 0.312. The average molecular weight is 332 g/mol. The number of carbonyl (C=O) groups is 1. The molecule has 0 aliphatic heterocycles. The van der Waals surface area contributed by atoms with E-state index in [1.165, 1.54) is 17.5 Å². The molecule has 25 heavy (non-hydrogen) atoms. The summed E-state index contributed by atoms with van der Waals surface area (Å²) in [5.41, 5.74) is 3.96. The Bertz CT molecular complexity index is 1050. The van der Waals surface area contributed by atoms with E-state index in [9.17, 15) is 9.18 Å². The van der Waals surface area contributed by atoms with E-state index in [0.717, 1.165) is 27.5 Å². The number of amides is 1. The number of rotatable bonds is 4. The Balaban J connectivity index is 1.47. The first-order valence-electron chi connectivity index (χ1n) is 8.19. The molecule has 4 heteroatoms. The van der Waals surface area contributed by atoms with E-state index >= 15 is 0 Å². The number of halogens is 1. The van der Waals surface area contributed by atoms with Crippen molar-refractivity contribution in [3.05, 3.63) is 83.7 Å². The number of para-hydroxylation sites is 1. The minimum Gasteiger partial charge on any atom is -0.355 e. The van der Waals surface area contributed by atoms with Crippen molar-refractivity contribution in [3.63, 3.8) is 0 Å². The standard InChI is InChI=1S/C21H17FN2O/c22-16-8-5-14(6-9-16)13-23-21(25)12-15-7-10-18-17-3-1-2-4-19(17)24-20(18)11-15/h1-11,24H,12-13H2,(H,23,25). The maximum absolute atomic E-state index is 12.9. The number of hydrogen-bond donors (Lipinski definition) is 2. The molecule has 3 aromatic carbocycles. The number of aromatic amines is 1. The van der Waals surface area contributed by atoms with Gasteiger partial charge in [-0.3, -0.25) is 4.79 Å². The number of benzene rings is 3. The van der Waals surface area contributed by atoms with Crippen LogP contribution in [-0.2, 0) is 17.8 Å². The van der Waals surface area contributed by atoms with Crippen molar-refractivity contribution >= 4 is 27.7 Å². The minimum absolute atomic E-state index is 0.0558. The predicted octanol–water partition coefficient (Wildman–Crippen LogP) is 4.32. The highest BCUT2D eigenvalue weighted by Gasteiger charge is 2.07. The summed E-state index contributed by atoms with van der Waals surface area (Å²) in [4.78, 5) is 15.6. The van der Waals surface area contributed by atoms with Crippen LogP contribution < -0.4 is 5.32 Å². The number of hydrogen-bond acceptors (Lipinski definition) is 1. The zero-order valence-corrected chi connectivity index (χ0v) is 13.6. The van der Waals surface area contributed by atoms with Crippen molar-refractivity contribution in [3.8, 4) is 0 Å². The van der Waals surface area contributed by atoms with Crippen molar-refractivity contribution < 1.29 is 9.18 Å². The van der Waals surface area contributed by atoms with Gasteiger partial charge in [0.15, 0.2) is 0 Å². The molecule has 0 atom stereocenters. The molecule has 0 radical (unpaired) electrons. The third-order valence-electron chi connectivity index (χ3n) is 4.34. The first-order chi connectivity index (χ1) is 12.2. The van der Waals surface area contributed by atoms with E-state index in [4.69, 9.17) is 0 Å². The smallest absolute Gasteiger partial charge is 0.224 e. The largest absolute Gasteiger partial charge is 0.355 e. The summed E-state index contributed by atoms with van der Waals surface area (Å²) in [5, 5.41) is 5.21. The molecule has 0 unspecified atom stereocenters. The van der Waals surface area contributed by atoms with Gasteiger partial charge in [0.25, 0.3) is 0 Å². The van der Waals surface area contributed by atoms with Gasteiger partial charge in [0, 0.05) is 28.4 Å².